The number of rotatable bonds is 3. The Labute approximate surface area is 127 Å². The van der Waals surface area contributed by atoms with Crippen molar-refractivity contribution < 1.29 is 14.3 Å². The van der Waals surface area contributed by atoms with Crippen molar-refractivity contribution >= 4 is 6.16 Å². The molecule has 3 atom stereocenters. The van der Waals surface area contributed by atoms with E-state index < -0.39 is 6.16 Å². The van der Waals surface area contributed by atoms with Gasteiger partial charge in [0, 0.05) is 0 Å². The van der Waals surface area contributed by atoms with Crippen molar-refractivity contribution in [3.05, 3.63) is 29.8 Å². The molecule has 0 radical (unpaired) electrons. The molecule has 0 aliphatic heterocycles. The van der Waals surface area contributed by atoms with Crippen molar-refractivity contribution in [2.45, 2.75) is 53.1 Å². The van der Waals surface area contributed by atoms with Gasteiger partial charge in [-0.3, -0.25) is 0 Å². The molecule has 0 bridgehead atoms. The summed E-state index contributed by atoms with van der Waals surface area (Å²) in [6, 6.07) is 7.42. The molecule has 0 unspecified atom stereocenters. The third kappa shape index (κ3) is 4.48. The topological polar surface area (TPSA) is 35.5 Å². The molecular weight excluding hydrogens is 264 g/mol. The van der Waals surface area contributed by atoms with E-state index in [2.05, 4.69) is 20.8 Å². The first kappa shape index (κ1) is 15.9. The van der Waals surface area contributed by atoms with E-state index in [9.17, 15) is 4.79 Å². The second-order valence-electron chi connectivity index (χ2n) is 6.65. The summed E-state index contributed by atoms with van der Waals surface area (Å²) in [6.07, 6.45) is 2.68. The lowest BCUT2D eigenvalue weighted by atomic mass is 9.75. The Hall–Kier alpha value is -1.51. The summed E-state index contributed by atoms with van der Waals surface area (Å²) < 4.78 is 10.9. The molecule has 1 fully saturated rings. The maximum atomic E-state index is 12.0. The summed E-state index contributed by atoms with van der Waals surface area (Å²) in [5, 5.41) is 0. The van der Waals surface area contributed by atoms with Crippen LogP contribution in [0.25, 0.3) is 0 Å². The molecule has 0 N–H and O–H groups in total. The largest absolute Gasteiger partial charge is 0.514 e. The van der Waals surface area contributed by atoms with E-state index in [1.807, 2.05) is 19.1 Å². The monoisotopic (exact) mass is 290 g/mol. The number of hydrogen-bond donors (Lipinski definition) is 0. The van der Waals surface area contributed by atoms with Gasteiger partial charge in [0.1, 0.15) is 11.9 Å². The number of carbonyl (C=O) groups is 1. The molecule has 1 aromatic rings. The highest BCUT2D eigenvalue weighted by Crippen LogP contribution is 2.35. The zero-order valence-electron chi connectivity index (χ0n) is 13.5. The highest BCUT2D eigenvalue weighted by atomic mass is 16.7. The molecule has 0 heterocycles. The van der Waals surface area contributed by atoms with E-state index in [1.165, 1.54) is 6.42 Å². The van der Waals surface area contributed by atoms with Gasteiger partial charge in [0.05, 0.1) is 0 Å². The molecule has 1 saturated carbocycles. The summed E-state index contributed by atoms with van der Waals surface area (Å²) in [4.78, 5) is 12.0. The summed E-state index contributed by atoms with van der Waals surface area (Å²) in [6.45, 7) is 8.61. The molecule has 0 amide bonds. The highest BCUT2D eigenvalue weighted by Gasteiger charge is 2.33. The molecule has 3 heteroatoms. The number of ether oxygens (including phenoxy) is 2. The molecule has 2 rings (SSSR count). The Balaban J connectivity index is 1.94. The van der Waals surface area contributed by atoms with E-state index in [0.717, 1.165) is 18.4 Å². The van der Waals surface area contributed by atoms with Crippen LogP contribution in [0.5, 0.6) is 5.75 Å². The number of benzene rings is 1. The summed E-state index contributed by atoms with van der Waals surface area (Å²) >= 11 is 0. The number of aryl methyl sites for hydroxylation is 1. The lowest BCUT2D eigenvalue weighted by Gasteiger charge is -2.36. The van der Waals surface area contributed by atoms with E-state index in [-0.39, 0.29) is 6.10 Å². The summed E-state index contributed by atoms with van der Waals surface area (Å²) in [5.41, 5.74) is 1.14. The van der Waals surface area contributed by atoms with Crippen LogP contribution in [0, 0.1) is 24.7 Å². The summed E-state index contributed by atoms with van der Waals surface area (Å²) in [7, 11) is 0. The maximum absolute atomic E-state index is 12.0. The third-order valence-corrected chi connectivity index (χ3v) is 4.43. The molecule has 1 aliphatic carbocycles. The van der Waals surface area contributed by atoms with E-state index in [4.69, 9.17) is 9.47 Å². The normalized spacial score (nSPS) is 25.7. The maximum Gasteiger partial charge on any atom is 0.514 e. The predicted molar refractivity (Wildman–Crippen MR) is 83.4 cm³/mol. The van der Waals surface area contributed by atoms with E-state index in [1.54, 1.807) is 12.1 Å². The van der Waals surface area contributed by atoms with Crippen LogP contribution in [0.15, 0.2) is 24.3 Å². The van der Waals surface area contributed by atoms with Gasteiger partial charge >= 0.3 is 6.16 Å². The van der Waals surface area contributed by atoms with Gasteiger partial charge in [0.15, 0.2) is 0 Å². The zero-order valence-corrected chi connectivity index (χ0v) is 13.5. The van der Waals surface area contributed by atoms with Crippen molar-refractivity contribution in [2.24, 2.45) is 17.8 Å². The fraction of sp³-hybridized carbons (Fsp3) is 0.611. The average molecular weight is 290 g/mol. The first-order chi connectivity index (χ1) is 9.95. The second kappa shape index (κ2) is 6.97. The molecule has 0 saturated heterocycles. The van der Waals surface area contributed by atoms with E-state index >= 15 is 0 Å². The Bertz CT molecular complexity index is 464. The molecule has 0 aromatic heterocycles. The minimum atomic E-state index is -0.580. The molecule has 1 aliphatic rings. The van der Waals surface area contributed by atoms with Crippen LogP contribution >= 0.6 is 0 Å². The van der Waals surface area contributed by atoms with Crippen LogP contribution in [-0.4, -0.2) is 12.3 Å². The minimum absolute atomic E-state index is 0.0216. The fourth-order valence-electron chi connectivity index (χ4n) is 3.10. The molecule has 116 valence electrons. The van der Waals surface area contributed by atoms with Gasteiger partial charge in [0.25, 0.3) is 0 Å². The summed E-state index contributed by atoms with van der Waals surface area (Å²) in [5.74, 6) is 2.11. The standard InChI is InChI=1S/C18H26O3/c1-12(2)16-10-7-14(4)11-17(16)21-18(19)20-15-8-5-13(3)6-9-15/h5-6,8-9,12,14,16-17H,7,10-11H2,1-4H3/t14-,16+,17-/m1/s1. The van der Waals surface area contributed by atoms with Crippen molar-refractivity contribution in [3.8, 4) is 5.75 Å². The molecular formula is C18H26O3. The molecule has 21 heavy (non-hydrogen) atoms. The zero-order chi connectivity index (χ0) is 15.4. The quantitative estimate of drug-likeness (QED) is 0.582. The smallest absolute Gasteiger partial charge is 0.430 e. The van der Waals surface area contributed by atoms with Crippen LogP contribution in [0.2, 0.25) is 0 Å². The number of hydrogen-bond acceptors (Lipinski definition) is 3. The van der Waals surface area contributed by atoms with Gasteiger partial charge in [-0.15, -0.1) is 0 Å². The fourth-order valence-corrected chi connectivity index (χ4v) is 3.10. The lowest BCUT2D eigenvalue weighted by Crippen LogP contribution is -2.36. The number of carbonyl (C=O) groups excluding carboxylic acids is 1. The Morgan fingerprint density at radius 2 is 1.86 bits per heavy atom. The third-order valence-electron chi connectivity index (χ3n) is 4.43. The molecule has 3 nitrogen and oxygen atoms in total. The van der Waals surface area contributed by atoms with Gasteiger partial charge in [-0.05, 0) is 49.7 Å². The van der Waals surface area contributed by atoms with Gasteiger partial charge in [-0.25, -0.2) is 4.79 Å². The van der Waals surface area contributed by atoms with Gasteiger partial charge in [0.2, 0.25) is 0 Å². The van der Waals surface area contributed by atoms with Crippen LogP contribution < -0.4 is 4.74 Å². The first-order valence-electron chi connectivity index (χ1n) is 7.91. The van der Waals surface area contributed by atoms with E-state index in [0.29, 0.717) is 23.5 Å². The predicted octanol–water partition coefficient (Wildman–Crippen LogP) is 4.97. The van der Waals surface area contributed by atoms with Crippen molar-refractivity contribution in [2.75, 3.05) is 0 Å². The minimum Gasteiger partial charge on any atom is -0.430 e. The van der Waals surface area contributed by atoms with Crippen LogP contribution in [0.3, 0.4) is 0 Å². The van der Waals surface area contributed by atoms with Gasteiger partial charge in [-0.2, -0.15) is 0 Å². The highest BCUT2D eigenvalue weighted by molar-refractivity contribution is 5.64. The molecule has 0 spiro atoms. The Kier molecular flexibility index (Phi) is 5.27. The van der Waals surface area contributed by atoms with Crippen LogP contribution in [0.1, 0.15) is 45.6 Å². The van der Waals surface area contributed by atoms with Crippen molar-refractivity contribution in [1.29, 1.82) is 0 Å². The lowest BCUT2D eigenvalue weighted by molar-refractivity contribution is -0.0136. The molecule has 1 aromatic carbocycles. The van der Waals surface area contributed by atoms with Crippen LogP contribution in [0.4, 0.5) is 4.79 Å². The Morgan fingerprint density at radius 3 is 2.48 bits per heavy atom. The van der Waals surface area contributed by atoms with Gasteiger partial charge < -0.3 is 9.47 Å². The average Bonchev–Trinajstić information content (AvgIpc) is 2.41. The SMILES string of the molecule is Cc1ccc(OC(=O)O[C@@H]2C[C@H](C)CC[C@H]2C(C)C)cc1. The van der Waals surface area contributed by atoms with Crippen molar-refractivity contribution in [1.82, 2.24) is 0 Å². The Morgan fingerprint density at radius 1 is 1.19 bits per heavy atom. The van der Waals surface area contributed by atoms with Crippen molar-refractivity contribution in [3.63, 3.8) is 0 Å². The first-order valence-corrected chi connectivity index (χ1v) is 7.91. The van der Waals surface area contributed by atoms with Gasteiger partial charge in [-0.1, -0.05) is 44.9 Å². The second-order valence-corrected chi connectivity index (χ2v) is 6.65. The van der Waals surface area contributed by atoms with Crippen LogP contribution in [-0.2, 0) is 4.74 Å².